The Morgan fingerprint density at radius 2 is 1.41 bits per heavy atom. The van der Waals surface area contributed by atoms with Crippen LogP contribution in [0, 0.1) is 0 Å². The second-order valence-corrected chi connectivity index (χ2v) is 15.5. The minimum absolute atomic E-state index is 0.0237. The van der Waals surface area contributed by atoms with Crippen LogP contribution in [0.1, 0.15) is 71.0 Å². The number of alkyl halides is 3. The summed E-state index contributed by atoms with van der Waals surface area (Å²) in [6.45, 7) is 12.5. The molecule has 0 spiro atoms. The third-order valence-electron chi connectivity index (χ3n) is 11.0. The average molecular weight is 919 g/mol. The molecule has 0 atom stereocenters. The summed E-state index contributed by atoms with van der Waals surface area (Å²) in [5, 5.41) is 5.74. The number of carbonyl (C=O) groups is 4. The number of hydrogen-bond acceptors (Lipinski definition) is 10. The predicted octanol–water partition coefficient (Wildman–Crippen LogP) is 6.88. The molecule has 356 valence electrons. The lowest BCUT2D eigenvalue weighted by Gasteiger charge is -2.33. The molecule has 0 unspecified atom stereocenters. The fourth-order valence-electron chi connectivity index (χ4n) is 7.28. The fourth-order valence-corrected chi connectivity index (χ4v) is 7.28. The van der Waals surface area contributed by atoms with Gasteiger partial charge in [0.05, 0.1) is 76.2 Å². The molecule has 0 bridgehead atoms. The third-order valence-corrected chi connectivity index (χ3v) is 11.0. The van der Waals surface area contributed by atoms with Crippen LogP contribution in [-0.4, -0.2) is 131 Å². The number of piperazine rings is 1. The fraction of sp³-hybridized carbons (Fsp3) is 0.449. The van der Waals surface area contributed by atoms with Gasteiger partial charge < -0.3 is 44.3 Å². The van der Waals surface area contributed by atoms with Crippen LogP contribution >= 0.6 is 0 Å². The van der Waals surface area contributed by atoms with E-state index >= 15 is 0 Å². The number of anilines is 2. The van der Waals surface area contributed by atoms with E-state index in [2.05, 4.69) is 20.5 Å². The van der Waals surface area contributed by atoms with E-state index in [4.69, 9.17) is 18.9 Å². The highest BCUT2D eigenvalue weighted by Crippen LogP contribution is 2.33. The van der Waals surface area contributed by atoms with Crippen LogP contribution in [-0.2, 0) is 47.7 Å². The van der Waals surface area contributed by atoms with Crippen LogP contribution in [0.4, 0.5) is 24.5 Å². The summed E-state index contributed by atoms with van der Waals surface area (Å²) in [5.74, 6) is -0.914. The highest BCUT2D eigenvalue weighted by molar-refractivity contribution is 6.06. The van der Waals surface area contributed by atoms with Gasteiger partial charge in [0.2, 0.25) is 11.8 Å². The van der Waals surface area contributed by atoms with Crippen molar-refractivity contribution in [2.24, 2.45) is 0 Å². The number of benzene rings is 3. The van der Waals surface area contributed by atoms with Crippen molar-refractivity contribution in [1.29, 1.82) is 0 Å². The molecule has 0 saturated carbocycles. The standard InChI is InChI=1S/C49H61F3N6O8/c1-4-56(5-2)41-15-16-43(42(33-41)44-32-39(17-19-53-44)47(61)54-34-37-11-8-14-40(31-37)49(50,51)52)55-48(62)38-13-7-10-36(30-38)12-9-22-63-24-26-65-28-29-66-27-25-64-23-18-45(59)58-21-20-57(6-3)46(60)35-58/h7-8,10-11,13-17,19,30-33H,4-6,9,12,18,20-29,34-35H2,1-3H3,(H,54,61)(H,55,62). The van der Waals surface area contributed by atoms with E-state index in [0.717, 1.165) is 42.9 Å². The quantitative estimate of drug-likeness (QED) is 0.0639. The van der Waals surface area contributed by atoms with E-state index < -0.39 is 17.6 Å². The lowest BCUT2D eigenvalue weighted by Crippen LogP contribution is -2.52. The van der Waals surface area contributed by atoms with Gasteiger partial charge in [0.15, 0.2) is 0 Å². The smallest absolute Gasteiger partial charge is 0.379 e. The first-order valence-electron chi connectivity index (χ1n) is 22.5. The third kappa shape index (κ3) is 15.9. The topological polar surface area (TPSA) is 152 Å². The van der Waals surface area contributed by atoms with Crippen molar-refractivity contribution < 1.29 is 51.3 Å². The number of nitrogens with one attached hydrogen (secondary N) is 2. The second kappa shape index (κ2) is 26.3. The molecular formula is C49H61F3N6O8. The number of halogens is 3. The zero-order valence-corrected chi connectivity index (χ0v) is 38.0. The predicted molar refractivity (Wildman–Crippen MR) is 245 cm³/mol. The van der Waals surface area contributed by atoms with Crippen molar-refractivity contribution >= 4 is 35.0 Å². The SMILES string of the molecule is CCN1CCN(C(=O)CCOCCOCCOCCOCCCc2cccc(C(=O)Nc3ccc(N(CC)CC)cc3-c3cc(C(=O)NCc4cccc(C(F)(F)F)c4)ccn3)c2)CC1=O. The number of rotatable bonds is 26. The number of likely N-dealkylation sites (N-methyl/N-ethyl adjacent to an activating group) is 1. The maximum Gasteiger partial charge on any atom is 0.416 e. The first-order chi connectivity index (χ1) is 31.9. The van der Waals surface area contributed by atoms with E-state index in [1.165, 1.54) is 24.4 Å². The van der Waals surface area contributed by atoms with Crippen LogP contribution in [0.5, 0.6) is 0 Å². The summed E-state index contributed by atoms with van der Waals surface area (Å²) in [6, 6.07) is 21.0. The van der Waals surface area contributed by atoms with Gasteiger partial charge in [0.25, 0.3) is 11.8 Å². The highest BCUT2D eigenvalue weighted by Gasteiger charge is 2.30. The lowest BCUT2D eigenvalue weighted by atomic mass is 10.0. The van der Waals surface area contributed by atoms with Crippen LogP contribution in [0.15, 0.2) is 85.1 Å². The molecule has 4 amide bonds. The van der Waals surface area contributed by atoms with Crippen LogP contribution in [0.25, 0.3) is 11.3 Å². The van der Waals surface area contributed by atoms with Crippen LogP contribution < -0.4 is 15.5 Å². The summed E-state index contributed by atoms with van der Waals surface area (Å²) in [5.41, 5.74) is 3.63. The molecule has 1 fully saturated rings. The lowest BCUT2D eigenvalue weighted by molar-refractivity contribution is -0.145. The molecule has 2 heterocycles. The molecule has 0 radical (unpaired) electrons. The number of hydrogen-bond donors (Lipinski definition) is 2. The maximum absolute atomic E-state index is 13.7. The van der Waals surface area contributed by atoms with Gasteiger partial charge in [-0.25, -0.2) is 0 Å². The van der Waals surface area contributed by atoms with E-state index in [1.807, 2.05) is 57.2 Å². The number of nitrogens with zero attached hydrogens (tertiary/aromatic N) is 4. The Labute approximate surface area is 384 Å². The molecule has 14 nitrogen and oxygen atoms in total. The Morgan fingerprint density at radius 3 is 2.09 bits per heavy atom. The maximum atomic E-state index is 13.7. The summed E-state index contributed by atoms with van der Waals surface area (Å²) in [7, 11) is 0. The summed E-state index contributed by atoms with van der Waals surface area (Å²) >= 11 is 0. The zero-order valence-electron chi connectivity index (χ0n) is 38.0. The Morgan fingerprint density at radius 1 is 0.742 bits per heavy atom. The number of carbonyl (C=O) groups excluding carboxylic acids is 4. The molecule has 1 saturated heterocycles. The van der Waals surface area contributed by atoms with Crippen molar-refractivity contribution in [2.75, 3.05) is 102 Å². The molecule has 66 heavy (non-hydrogen) atoms. The van der Waals surface area contributed by atoms with Gasteiger partial charge in [-0.1, -0.05) is 24.3 Å². The van der Waals surface area contributed by atoms with Gasteiger partial charge in [-0.2, -0.15) is 13.2 Å². The van der Waals surface area contributed by atoms with Crippen molar-refractivity contribution in [3.8, 4) is 11.3 Å². The highest BCUT2D eigenvalue weighted by atomic mass is 19.4. The number of amides is 4. The molecule has 1 aliphatic rings. The Balaban J connectivity index is 1.02. The van der Waals surface area contributed by atoms with Gasteiger partial charge in [-0.3, -0.25) is 24.2 Å². The molecule has 2 N–H and O–H groups in total. The van der Waals surface area contributed by atoms with Crippen LogP contribution in [0.2, 0.25) is 0 Å². The zero-order chi connectivity index (χ0) is 47.3. The molecule has 0 aliphatic carbocycles. The van der Waals surface area contributed by atoms with Crippen molar-refractivity contribution in [1.82, 2.24) is 20.1 Å². The van der Waals surface area contributed by atoms with E-state index in [0.29, 0.717) is 100 Å². The Kier molecular flexibility index (Phi) is 20.4. The molecule has 3 aromatic carbocycles. The van der Waals surface area contributed by atoms with Crippen molar-refractivity contribution in [2.45, 2.75) is 52.8 Å². The first kappa shape index (κ1) is 51.1. The summed E-state index contributed by atoms with van der Waals surface area (Å²) in [4.78, 5) is 61.3. The van der Waals surface area contributed by atoms with Crippen LogP contribution in [0.3, 0.4) is 0 Å². The number of aryl methyl sites for hydroxylation is 1. The Bertz CT molecular complexity index is 2200. The molecule has 17 heteroatoms. The van der Waals surface area contributed by atoms with E-state index in [1.54, 1.807) is 21.9 Å². The normalized spacial score (nSPS) is 12.9. The van der Waals surface area contributed by atoms with Gasteiger partial charge in [-0.15, -0.1) is 0 Å². The van der Waals surface area contributed by atoms with Gasteiger partial charge in [0.1, 0.15) is 0 Å². The summed E-state index contributed by atoms with van der Waals surface area (Å²) < 4.78 is 62.1. The molecule has 1 aromatic heterocycles. The molecule has 1 aliphatic heterocycles. The van der Waals surface area contributed by atoms with Crippen molar-refractivity contribution in [3.05, 3.63) is 113 Å². The van der Waals surface area contributed by atoms with E-state index in [9.17, 15) is 32.3 Å². The minimum atomic E-state index is -4.50. The number of aromatic nitrogens is 1. The molecular weight excluding hydrogens is 858 g/mol. The number of pyridine rings is 1. The Hall–Kier alpha value is -5.88. The molecule has 5 rings (SSSR count). The second-order valence-electron chi connectivity index (χ2n) is 15.5. The number of ether oxygens (including phenoxy) is 4. The van der Waals surface area contributed by atoms with Crippen molar-refractivity contribution in [3.63, 3.8) is 0 Å². The first-order valence-corrected chi connectivity index (χ1v) is 22.5. The largest absolute Gasteiger partial charge is 0.416 e. The average Bonchev–Trinajstić information content (AvgIpc) is 3.32. The van der Waals surface area contributed by atoms with Gasteiger partial charge in [0, 0.05) is 74.5 Å². The van der Waals surface area contributed by atoms with E-state index in [-0.39, 0.29) is 49.4 Å². The monoisotopic (exact) mass is 918 g/mol. The van der Waals surface area contributed by atoms with Gasteiger partial charge >= 0.3 is 6.18 Å². The molecule has 4 aromatic rings. The summed E-state index contributed by atoms with van der Waals surface area (Å²) in [6.07, 6.45) is -1.35. The minimum Gasteiger partial charge on any atom is -0.379 e. The van der Waals surface area contributed by atoms with Gasteiger partial charge in [-0.05, 0) is 99.3 Å².